The van der Waals surface area contributed by atoms with Gasteiger partial charge in [-0.15, -0.1) is 0 Å². The van der Waals surface area contributed by atoms with Crippen LogP contribution in [0.25, 0.3) is 0 Å². The van der Waals surface area contributed by atoms with E-state index >= 15 is 0 Å². The van der Waals surface area contributed by atoms with Gasteiger partial charge in [-0.2, -0.15) is 0 Å². The molecule has 0 radical (unpaired) electrons. The monoisotopic (exact) mass is 238 g/mol. The van der Waals surface area contributed by atoms with Gasteiger partial charge < -0.3 is 9.73 Å². The summed E-state index contributed by atoms with van der Waals surface area (Å²) in [5.41, 5.74) is 1.25. The minimum Gasteiger partial charge on any atom is -0.472 e. The van der Waals surface area contributed by atoms with Crippen molar-refractivity contribution in [3.05, 3.63) is 24.2 Å². The third kappa shape index (κ3) is 5.89. The fourth-order valence-electron chi connectivity index (χ4n) is 1.87. The number of hydrogen-bond donors (Lipinski definition) is 1. The van der Waals surface area contributed by atoms with Crippen LogP contribution < -0.4 is 5.32 Å². The fraction of sp³-hybridized carbons (Fsp3) is 0.714. The van der Waals surface area contributed by atoms with Crippen molar-refractivity contribution in [3.8, 4) is 0 Å². The first-order valence-corrected chi connectivity index (χ1v) is 6.66. The summed E-state index contributed by atoms with van der Waals surface area (Å²) in [5, 5.41) is 3.44. The van der Waals surface area contributed by atoms with Gasteiger partial charge in [-0.25, -0.2) is 0 Å². The smallest absolute Gasteiger partial charge is 0.0947 e. The number of hydrogen-bond acceptors (Lipinski definition) is 3. The Labute approximate surface area is 105 Å². The van der Waals surface area contributed by atoms with Gasteiger partial charge in [0.1, 0.15) is 0 Å². The van der Waals surface area contributed by atoms with Crippen LogP contribution in [0.15, 0.2) is 23.0 Å². The van der Waals surface area contributed by atoms with Gasteiger partial charge in [0.05, 0.1) is 12.5 Å². The Morgan fingerprint density at radius 1 is 1.41 bits per heavy atom. The first-order valence-electron chi connectivity index (χ1n) is 6.66. The quantitative estimate of drug-likeness (QED) is 0.671. The van der Waals surface area contributed by atoms with Crippen LogP contribution >= 0.6 is 0 Å². The maximum absolute atomic E-state index is 5.08. The zero-order valence-corrected chi connectivity index (χ0v) is 11.4. The molecule has 1 rings (SSSR count). The Morgan fingerprint density at radius 2 is 2.24 bits per heavy atom. The highest BCUT2D eigenvalue weighted by molar-refractivity contribution is 5.04. The molecule has 98 valence electrons. The molecule has 0 fully saturated rings. The Bertz CT molecular complexity index is 272. The number of nitrogens with zero attached hydrogens (tertiary/aromatic N) is 1. The summed E-state index contributed by atoms with van der Waals surface area (Å²) in [6, 6.07) is 2.65. The lowest BCUT2D eigenvalue weighted by atomic mass is 10.1. The van der Waals surface area contributed by atoms with E-state index in [1.165, 1.54) is 24.8 Å². The molecule has 1 aromatic rings. The van der Waals surface area contributed by atoms with E-state index in [1.54, 1.807) is 6.26 Å². The molecule has 17 heavy (non-hydrogen) atoms. The van der Waals surface area contributed by atoms with Crippen molar-refractivity contribution in [2.75, 3.05) is 20.1 Å². The Balaban J connectivity index is 2.11. The van der Waals surface area contributed by atoms with Gasteiger partial charge in [-0.05, 0) is 52.4 Å². The molecule has 1 aromatic heterocycles. The summed E-state index contributed by atoms with van der Waals surface area (Å²) in [6.07, 6.45) is 7.27. The normalized spacial score (nSPS) is 13.2. The van der Waals surface area contributed by atoms with Gasteiger partial charge in [-0.3, -0.25) is 4.90 Å². The molecule has 3 nitrogen and oxygen atoms in total. The van der Waals surface area contributed by atoms with Crippen molar-refractivity contribution >= 4 is 0 Å². The lowest BCUT2D eigenvalue weighted by Gasteiger charge is -2.24. The van der Waals surface area contributed by atoms with Crippen molar-refractivity contribution in [1.82, 2.24) is 10.2 Å². The van der Waals surface area contributed by atoms with Gasteiger partial charge >= 0.3 is 0 Å². The second-order valence-electron chi connectivity index (χ2n) is 4.79. The maximum Gasteiger partial charge on any atom is 0.0947 e. The van der Waals surface area contributed by atoms with E-state index in [-0.39, 0.29) is 0 Å². The van der Waals surface area contributed by atoms with E-state index in [2.05, 4.69) is 31.1 Å². The van der Waals surface area contributed by atoms with Gasteiger partial charge in [0.15, 0.2) is 0 Å². The molecular formula is C14H26N2O. The molecule has 0 spiro atoms. The van der Waals surface area contributed by atoms with Crippen molar-refractivity contribution < 1.29 is 4.42 Å². The highest BCUT2D eigenvalue weighted by atomic mass is 16.3. The SMILES string of the molecule is CCCNCCCC(C)N(C)Cc1ccoc1. The second kappa shape index (κ2) is 8.31. The molecule has 0 aliphatic heterocycles. The third-order valence-electron chi connectivity index (χ3n) is 3.17. The van der Waals surface area contributed by atoms with Gasteiger partial charge in [0.2, 0.25) is 0 Å². The molecule has 1 heterocycles. The summed E-state index contributed by atoms with van der Waals surface area (Å²) in [5.74, 6) is 0. The van der Waals surface area contributed by atoms with Crippen LogP contribution in [0.5, 0.6) is 0 Å². The van der Waals surface area contributed by atoms with Gasteiger partial charge in [0, 0.05) is 18.2 Å². The van der Waals surface area contributed by atoms with Crippen LogP contribution in [0.3, 0.4) is 0 Å². The van der Waals surface area contributed by atoms with Gasteiger partial charge in [0.25, 0.3) is 0 Å². The summed E-state index contributed by atoms with van der Waals surface area (Å²) in [6.45, 7) is 7.74. The van der Waals surface area contributed by atoms with Crippen molar-refractivity contribution in [2.45, 2.75) is 45.7 Å². The summed E-state index contributed by atoms with van der Waals surface area (Å²) >= 11 is 0. The van der Waals surface area contributed by atoms with E-state index < -0.39 is 0 Å². The van der Waals surface area contributed by atoms with Crippen LogP contribution in [0.2, 0.25) is 0 Å². The molecule has 1 unspecified atom stereocenters. The third-order valence-corrected chi connectivity index (χ3v) is 3.17. The van der Waals surface area contributed by atoms with Crippen LogP contribution in [0.1, 0.15) is 38.7 Å². The molecule has 0 amide bonds. The predicted molar refractivity (Wildman–Crippen MR) is 72.0 cm³/mol. The van der Waals surface area contributed by atoms with E-state index in [0.29, 0.717) is 6.04 Å². The minimum absolute atomic E-state index is 0.619. The molecule has 3 heteroatoms. The molecule has 1 atom stereocenters. The van der Waals surface area contributed by atoms with Crippen LogP contribution in [-0.4, -0.2) is 31.1 Å². The predicted octanol–water partition coefficient (Wildman–Crippen LogP) is 2.88. The van der Waals surface area contributed by atoms with Crippen LogP contribution in [0.4, 0.5) is 0 Å². The molecular weight excluding hydrogens is 212 g/mol. The maximum atomic E-state index is 5.08. The highest BCUT2D eigenvalue weighted by Gasteiger charge is 2.09. The Hall–Kier alpha value is -0.800. The highest BCUT2D eigenvalue weighted by Crippen LogP contribution is 2.10. The van der Waals surface area contributed by atoms with Gasteiger partial charge in [-0.1, -0.05) is 6.92 Å². The lowest BCUT2D eigenvalue weighted by molar-refractivity contribution is 0.234. The van der Waals surface area contributed by atoms with E-state index in [0.717, 1.165) is 19.6 Å². The molecule has 0 aromatic carbocycles. The average molecular weight is 238 g/mol. The molecule has 0 aliphatic rings. The first kappa shape index (κ1) is 14.3. The molecule has 0 aliphatic carbocycles. The lowest BCUT2D eigenvalue weighted by Crippen LogP contribution is -2.29. The Morgan fingerprint density at radius 3 is 2.88 bits per heavy atom. The largest absolute Gasteiger partial charge is 0.472 e. The summed E-state index contributed by atoms with van der Waals surface area (Å²) < 4.78 is 5.08. The number of rotatable bonds is 9. The Kier molecular flexibility index (Phi) is 6.97. The van der Waals surface area contributed by atoms with Crippen LogP contribution in [0, 0.1) is 0 Å². The van der Waals surface area contributed by atoms with Crippen molar-refractivity contribution in [1.29, 1.82) is 0 Å². The zero-order chi connectivity index (χ0) is 12.5. The van der Waals surface area contributed by atoms with Crippen LogP contribution in [-0.2, 0) is 6.54 Å². The van der Waals surface area contributed by atoms with Crippen molar-refractivity contribution in [3.63, 3.8) is 0 Å². The second-order valence-corrected chi connectivity index (χ2v) is 4.79. The summed E-state index contributed by atoms with van der Waals surface area (Å²) in [7, 11) is 2.18. The molecule has 1 N–H and O–H groups in total. The van der Waals surface area contributed by atoms with E-state index in [4.69, 9.17) is 4.42 Å². The average Bonchev–Trinajstić information content (AvgIpc) is 2.81. The first-order chi connectivity index (χ1) is 8.24. The standard InChI is InChI=1S/C14H26N2O/c1-4-8-15-9-5-6-13(2)16(3)11-14-7-10-17-12-14/h7,10,12-13,15H,4-6,8-9,11H2,1-3H3. The number of nitrogens with one attached hydrogen (secondary N) is 1. The number of furan rings is 1. The summed E-state index contributed by atoms with van der Waals surface area (Å²) in [4.78, 5) is 2.38. The van der Waals surface area contributed by atoms with E-state index in [9.17, 15) is 0 Å². The van der Waals surface area contributed by atoms with Crippen molar-refractivity contribution in [2.24, 2.45) is 0 Å². The fourth-order valence-corrected chi connectivity index (χ4v) is 1.87. The van der Waals surface area contributed by atoms with E-state index in [1.807, 2.05) is 12.3 Å². The topological polar surface area (TPSA) is 28.4 Å². The zero-order valence-electron chi connectivity index (χ0n) is 11.4. The molecule has 0 bridgehead atoms. The molecule has 0 saturated carbocycles. The minimum atomic E-state index is 0.619. The molecule has 0 saturated heterocycles.